The number of Topliss-reactive ketones (excluding diaryl/α,β-unsaturated/α-hetero) is 1. The average Bonchev–Trinajstić information content (AvgIpc) is 2.27. The van der Waals surface area contributed by atoms with Crippen LogP contribution in [-0.4, -0.2) is 5.78 Å². The summed E-state index contributed by atoms with van der Waals surface area (Å²) < 4.78 is 0. The number of carbonyl (C=O) groups excluding carboxylic acids is 1. The van der Waals surface area contributed by atoms with E-state index in [-0.39, 0.29) is 5.41 Å². The second-order valence-electron chi connectivity index (χ2n) is 4.75. The van der Waals surface area contributed by atoms with Crippen molar-refractivity contribution in [3.05, 3.63) is 34.9 Å². The fraction of sp³-hybridized carbons (Fsp3) is 0.500. The molecule has 0 heterocycles. The third kappa shape index (κ3) is 3.34. The lowest BCUT2D eigenvalue weighted by molar-refractivity contribution is -0.127. The highest BCUT2D eigenvalue weighted by atomic mass is 35.5. The van der Waals surface area contributed by atoms with Crippen LogP contribution >= 0.6 is 11.6 Å². The van der Waals surface area contributed by atoms with Gasteiger partial charge in [-0.25, -0.2) is 0 Å². The highest BCUT2D eigenvalue weighted by Crippen LogP contribution is 2.24. The van der Waals surface area contributed by atoms with E-state index in [1.54, 1.807) is 0 Å². The first-order valence-electron chi connectivity index (χ1n) is 5.74. The maximum Gasteiger partial charge on any atom is 0.138 e. The molecule has 1 aromatic carbocycles. The number of halogens is 1. The van der Waals surface area contributed by atoms with Crippen LogP contribution in [0.4, 0.5) is 0 Å². The van der Waals surface area contributed by atoms with Crippen molar-refractivity contribution in [2.45, 2.75) is 40.0 Å². The number of carbonyl (C=O) groups is 1. The molecule has 0 fully saturated rings. The summed E-state index contributed by atoms with van der Waals surface area (Å²) >= 11 is 6.04. The first-order valence-corrected chi connectivity index (χ1v) is 6.12. The summed E-state index contributed by atoms with van der Waals surface area (Å²) in [5.74, 6) is 0.315. The molecule has 0 aliphatic heterocycles. The zero-order valence-electron chi connectivity index (χ0n) is 10.2. The van der Waals surface area contributed by atoms with Gasteiger partial charge in [0, 0.05) is 16.9 Å². The molecule has 0 unspecified atom stereocenters. The molecular weight excluding hydrogens is 220 g/mol. The van der Waals surface area contributed by atoms with Gasteiger partial charge in [-0.3, -0.25) is 4.79 Å². The van der Waals surface area contributed by atoms with Gasteiger partial charge >= 0.3 is 0 Å². The second kappa shape index (κ2) is 5.49. The normalized spacial score (nSPS) is 11.5. The Bertz CT molecular complexity index is 369. The summed E-state index contributed by atoms with van der Waals surface area (Å²) in [6.45, 7) is 6.05. The van der Waals surface area contributed by atoms with E-state index in [0.29, 0.717) is 12.2 Å². The van der Waals surface area contributed by atoms with Crippen LogP contribution in [0.1, 0.15) is 39.2 Å². The Hall–Kier alpha value is -0.820. The van der Waals surface area contributed by atoms with Crippen molar-refractivity contribution in [2.24, 2.45) is 5.41 Å². The molecule has 0 N–H and O–H groups in total. The van der Waals surface area contributed by atoms with Crippen LogP contribution in [-0.2, 0) is 11.2 Å². The molecule has 0 amide bonds. The molecular formula is C14H19ClO. The highest BCUT2D eigenvalue weighted by Gasteiger charge is 2.24. The lowest BCUT2D eigenvalue weighted by atomic mass is 9.83. The molecule has 0 radical (unpaired) electrons. The van der Waals surface area contributed by atoms with Crippen LogP contribution in [0.5, 0.6) is 0 Å². The number of hydrogen-bond acceptors (Lipinski definition) is 1. The Kier molecular flexibility index (Phi) is 4.55. The van der Waals surface area contributed by atoms with E-state index in [0.717, 1.165) is 23.4 Å². The lowest BCUT2D eigenvalue weighted by Gasteiger charge is -2.20. The number of aryl methyl sites for hydroxylation is 1. The van der Waals surface area contributed by atoms with Gasteiger partial charge in [-0.15, -0.1) is 0 Å². The lowest BCUT2D eigenvalue weighted by Crippen LogP contribution is -2.23. The van der Waals surface area contributed by atoms with E-state index in [2.05, 4.69) is 0 Å². The maximum atomic E-state index is 11.9. The number of hydrogen-bond donors (Lipinski definition) is 0. The van der Waals surface area contributed by atoms with Gasteiger partial charge in [0.15, 0.2) is 0 Å². The number of rotatable bonds is 5. The quantitative estimate of drug-likeness (QED) is 0.749. The van der Waals surface area contributed by atoms with E-state index in [4.69, 9.17) is 11.6 Å². The van der Waals surface area contributed by atoms with Crippen LogP contribution in [0, 0.1) is 5.41 Å². The average molecular weight is 239 g/mol. The molecule has 0 bridgehead atoms. The van der Waals surface area contributed by atoms with E-state index in [9.17, 15) is 4.79 Å². The molecule has 1 nitrogen and oxygen atoms in total. The van der Waals surface area contributed by atoms with Crippen LogP contribution in [0.3, 0.4) is 0 Å². The molecule has 88 valence electrons. The van der Waals surface area contributed by atoms with Gasteiger partial charge in [0.25, 0.3) is 0 Å². The van der Waals surface area contributed by atoms with E-state index >= 15 is 0 Å². The van der Waals surface area contributed by atoms with Crippen molar-refractivity contribution in [2.75, 3.05) is 0 Å². The Morgan fingerprint density at radius 3 is 2.50 bits per heavy atom. The van der Waals surface area contributed by atoms with Crippen molar-refractivity contribution in [3.8, 4) is 0 Å². The minimum atomic E-state index is -0.207. The van der Waals surface area contributed by atoms with Gasteiger partial charge in [0.05, 0.1) is 0 Å². The molecule has 0 aromatic heterocycles. The van der Waals surface area contributed by atoms with Gasteiger partial charge in [-0.05, 0) is 24.5 Å². The summed E-state index contributed by atoms with van der Waals surface area (Å²) in [7, 11) is 0. The minimum Gasteiger partial charge on any atom is -0.299 e. The molecule has 1 rings (SSSR count). The molecule has 0 spiro atoms. The highest BCUT2D eigenvalue weighted by molar-refractivity contribution is 6.31. The van der Waals surface area contributed by atoms with Crippen LogP contribution < -0.4 is 0 Å². The van der Waals surface area contributed by atoms with Crippen molar-refractivity contribution >= 4 is 17.4 Å². The van der Waals surface area contributed by atoms with Crippen molar-refractivity contribution in [1.82, 2.24) is 0 Å². The Morgan fingerprint density at radius 1 is 1.31 bits per heavy atom. The first kappa shape index (κ1) is 13.2. The Balaban J connectivity index is 2.59. The SMILES string of the molecule is CCC(C)(C)C(=O)CCc1ccccc1Cl. The first-order chi connectivity index (χ1) is 7.47. The third-order valence-electron chi connectivity index (χ3n) is 3.22. The predicted molar refractivity (Wildman–Crippen MR) is 68.9 cm³/mol. The van der Waals surface area contributed by atoms with Gasteiger partial charge in [0.2, 0.25) is 0 Å². The van der Waals surface area contributed by atoms with E-state index in [1.165, 1.54) is 0 Å². The maximum absolute atomic E-state index is 11.9. The van der Waals surface area contributed by atoms with E-state index < -0.39 is 0 Å². The summed E-state index contributed by atoms with van der Waals surface area (Å²) in [6, 6.07) is 7.71. The van der Waals surface area contributed by atoms with Gasteiger partial charge in [0.1, 0.15) is 5.78 Å². The molecule has 2 heteroatoms. The predicted octanol–water partition coefficient (Wildman–Crippen LogP) is 4.28. The monoisotopic (exact) mass is 238 g/mol. The summed E-state index contributed by atoms with van der Waals surface area (Å²) in [6.07, 6.45) is 2.20. The minimum absolute atomic E-state index is 0.207. The second-order valence-corrected chi connectivity index (χ2v) is 5.16. The standard InChI is InChI=1S/C14H19ClO/c1-4-14(2,3)13(16)10-9-11-7-5-6-8-12(11)15/h5-8H,4,9-10H2,1-3H3. The van der Waals surface area contributed by atoms with Crippen molar-refractivity contribution in [3.63, 3.8) is 0 Å². The zero-order valence-corrected chi connectivity index (χ0v) is 11.0. The smallest absolute Gasteiger partial charge is 0.138 e. The van der Waals surface area contributed by atoms with E-state index in [1.807, 2.05) is 45.0 Å². The van der Waals surface area contributed by atoms with Gasteiger partial charge in [-0.2, -0.15) is 0 Å². The van der Waals surface area contributed by atoms with Crippen LogP contribution in [0.15, 0.2) is 24.3 Å². The molecule has 16 heavy (non-hydrogen) atoms. The topological polar surface area (TPSA) is 17.1 Å². The zero-order chi connectivity index (χ0) is 12.2. The Labute approximate surface area is 103 Å². The molecule has 1 aromatic rings. The fourth-order valence-electron chi connectivity index (χ4n) is 1.48. The summed E-state index contributed by atoms with van der Waals surface area (Å²) in [4.78, 5) is 11.9. The molecule has 0 aliphatic rings. The third-order valence-corrected chi connectivity index (χ3v) is 3.59. The summed E-state index contributed by atoms with van der Waals surface area (Å²) in [5, 5.41) is 0.754. The van der Waals surface area contributed by atoms with Gasteiger partial charge < -0.3 is 0 Å². The van der Waals surface area contributed by atoms with Crippen LogP contribution in [0.2, 0.25) is 5.02 Å². The van der Waals surface area contributed by atoms with Crippen molar-refractivity contribution < 1.29 is 4.79 Å². The molecule has 0 saturated carbocycles. The summed E-state index contributed by atoms with van der Waals surface area (Å²) in [5.41, 5.74) is 0.853. The number of ketones is 1. The largest absolute Gasteiger partial charge is 0.299 e. The number of benzene rings is 1. The molecule has 0 aliphatic carbocycles. The Morgan fingerprint density at radius 2 is 1.94 bits per heavy atom. The van der Waals surface area contributed by atoms with Crippen LogP contribution in [0.25, 0.3) is 0 Å². The molecule has 0 atom stereocenters. The van der Waals surface area contributed by atoms with Gasteiger partial charge in [-0.1, -0.05) is 50.6 Å². The molecule has 0 saturated heterocycles. The fourth-order valence-corrected chi connectivity index (χ4v) is 1.72. The van der Waals surface area contributed by atoms with Crippen molar-refractivity contribution in [1.29, 1.82) is 0 Å².